The standard InChI is InChI=1S/C22H18FN3O3S2/c23-18-7-5-16(6-8-18)19-9-10-20(30-19)22(27)25-11-13-26(14-12-25)31(28,29)21-4-2-1-3-17(21)15-24/h1-10H,11-14H2. The van der Waals surface area contributed by atoms with Crippen LogP contribution < -0.4 is 0 Å². The summed E-state index contributed by atoms with van der Waals surface area (Å²) in [5.41, 5.74) is 0.936. The highest BCUT2D eigenvalue weighted by Crippen LogP contribution is 2.29. The lowest BCUT2D eigenvalue weighted by atomic mass is 10.2. The molecule has 158 valence electrons. The fraction of sp³-hybridized carbons (Fsp3) is 0.182. The third-order valence-electron chi connectivity index (χ3n) is 5.10. The van der Waals surface area contributed by atoms with Crippen molar-refractivity contribution in [1.29, 1.82) is 5.26 Å². The van der Waals surface area contributed by atoms with E-state index in [1.54, 1.807) is 35.2 Å². The molecule has 1 aromatic heterocycles. The highest BCUT2D eigenvalue weighted by molar-refractivity contribution is 7.89. The van der Waals surface area contributed by atoms with Crippen LogP contribution in [0.1, 0.15) is 15.2 Å². The largest absolute Gasteiger partial charge is 0.335 e. The highest BCUT2D eigenvalue weighted by Gasteiger charge is 2.32. The zero-order chi connectivity index (χ0) is 22.0. The molecule has 3 aromatic rings. The summed E-state index contributed by atoms with van der Waals surface area (Å²) in [6.45, 7) is 0.835. The second-order valence-corrected chi connectivity index (χ2v) is 9.97. The van der Waals surface area contributed by atoms with Gasteiger partial charge in [-0.3, -0.25) is 4.79 Å². The van der Waals surface area contributed by atoms with Crippen molar-refractivity contribution < 1.29 is 17.6 Å². The molecule has 1 fully saturated rings. The molecule has 0 bridgehead atoms. The van der Waals surface area contributed by atoms with Crippen molar-refractivity contribution in [2.24, 2.45) is 0 Å². The van der Waals surface area contributed by atoms with Crippen molar-refractivity contribution in [3.8, 4) is 16.5 Å². The summed E-state index contributed by atoms with van der Waals surface area (Å²) in [7, 11) is -3.81. The van der Waals surface area contributed by atoms with Gasteiger partial charge in [-0.2, -0.15) is 9.57 Å². The molecule has 0 N–H and O–H groups in total. The lowest BCUT2D eigenvalue weighted by Crippen LogP contribution is -2.50. The van der Waals surface area contributed by atoms with Crippen molar-refractivity contribution in [2.45, 2.75) is 4.90 Å². The van der Waals surface area contributed by atoms with Gasteiger partial charge in [0.2, 0.25) is 10.0 Å². The number of benzene rings is 2. The first-order valence-electron chi connectivity index (χ1n) is 9.54. The Kier molecular flexibility index (Phi) is 5.87. The van der Waals surface area contributed by atoms with E-state index >= 15 is 0 Å². The number of hydrogen-bond acceptors (Lipinski definition) is 5. The molecular weight excluding hydrogens is 437 g/mol. The van der Waals surface area contributed by atoms with Gasteiger partial charge in [-0.05, 0) is 42.0 Å². The van der Waals surface area contributed by atoms with Crippen molar-refractivity contribution in [2.75, 3.05) is 26.2 Å². The zero-order valence-electron chi connectivity index (χ0n) is 16.4. The van der Waals surface area contributed by atoms with Crippen LogP contribution >= 0.6 is 11.3 Å². The maximum atomic E-state index is 13.1. The Morgan fingerprint density at radius 3 is 2.32 bits per heavy atom. The molecule has 1 saturated heterocycles. The predicted octanol–water partition coefficient (Wildman–Crippen LogP) is 3.57. The van der Waals surface area contributed by atoms with Crippen molar-refractivity contribution in [3.05, 3.63) is 76.9 Å². The van der Waals surface area contributed by atoms with Crippen LogP contribution in [-0.2, 0) is 10.0 Å². The van der Waals surface area contributed by atoms with Crippen molar-refractivity contribution in [1.82, 2.24) is 9.21 Å². The first kappa shape index (κ1) is 21.2. The average molecular weight is 456 g/mol. The van der Waals surface area contributed by atoms with Gasteiger partial charge in [-0.1, -0.05) is 24.3 Å². The highest BCUT2D eigenvalue weighted by atomic mass is 32.2. The molecule has 0 saturated carbocycles. The minimum absolute atomic E-state index is 0.0144. The van der Waals surface area contributed by atoms with E-state index in [1.807, 2.05) is 12.1 Å². The summed E-state index contributed by atoms with van der Waals surface area (Å²) >= 11 is 1.32. The molecule has 1 aliphatic rings. The van der Waals surface area contributed by atoms with Crippen molar-refractivity contribution >= 4 is 27.3 Å². The first-order valence-corrected chi connectivity index (χ1v) is 11.8. The van der Waals surface area contributed by atoms with Crippen LogP contribution in [0.3, 0.4) is 0 Å². The fourth-order valence-electron chi connectivity index (χ4n) is 3.43. The number of nitrogens with zero attached hydrogens (tertiary/aromatic N) is 3. The molecule has 1 aliphatic heterocycles. The van der Waals surface area contributed by atoms with Crippen LogP contribution in [0.2, 0.25) is 0 Å². The van der Waals surface area contributed by atoms with Crippen LogP contribution in [0.5, 0.6) is 0 Å². The Balaban J connectivity index is 1.45. The topological polar surface area (TPSA) is 81.5 Å². The molecule has 2 aromatic carbocycles. The monoisotopic (exact) mass is 455 g/mol. The third-order valence-corrected chi connectivity index (χ3v) is 8.18. The number of nitriles is 1. The molecule has 1 amide bonds. The number of hydrogen-bond donors (Lipinski definition) is 0. The summed E-state index contributed by atoms with van der Waals surface area (Å²) < 4.78 is 40.3. The molecule has 31 heavy (non-hydrogen) atoms. The maximum Gasteiger partial charge on any atom is 0.264 e. The van der Waals surface area contributed by atoms with Gasteiger partial charge in [0, 0.05) is 31.1 Å². The van der Waals surface area contributed by atoms with Gasteiger partial charge in [0.1, 0.15) is 11.9 Å². The number of amides is 1. The van der Waals surface area contributed by atoms with E-state index in [0.717, 1.165) is 10.4 Å². The third kappa shape index (κ3) is 4.23. The smallest absolute Gasteiger partial charge is 0.264 e. The lowest BCUT2D eigenvalue weighted by molar-refractivity contribution is 0.0703. The predicted molar refractivity (Wildman–Crippen MR) is 116 cm³/mol. The van der Waals surface area contributed by atoms with Gasteiger partial charge < -0.3 is 4.90 Å². The van der Waals surface area contributed by atoms with Crippen LogP contribution in [0, 0.1) is 17.1 Å². The molecule has 2 heterocycles. The Bertz CT molecular complexity index is 1260. The molecule has 0 radical (unpaired) electrons. The number of carbonyl (C=O) groups is 1. The minimum atomic E-state index is -3.81. The summed E-state index contributed by atoms with van der Waals surface area (Å²) in [4.78, 5) is 15.9. The number of piperazine rings is 1. The average Bonchev–Trinajstić information content (AvgIpc) is 3.29. The molecule has 0 atom stereocenters. The van der Waals surface area contributed by atoms with Gasteiger partial charge in [-0.25, -0.2) is 12.8 Å². The van der Waals surface area contributed by atoms with Crippen LogP contribution in [0.4, 0.5) is 4.39 Å². The van der Waals surface area contributed by atoms with E-state index in [-0.39, 0.29) is 48.4 Å². The van der Waals surface area contributed by atoms with E-state index < -0.39 is 10.0 Å². The quantitative estimate of drug-likeness (QED) is 0.602. The summed E-state index contributed by atoms with van der Waals surface area (Å²) in [5.74, 6) is -0.477. The summed E-state index contributed by atoms with van der Waals surface area (Å²) in [6.07, 6.45) is 0. The minimum Gasteiger partial charge on any atom is -0.335 e. The Labute approximate surface area is 183 Å². The van der Waals surface area contributed by atoms with Gasteiger partial charge in [0.25, 0.3) is 5.91 Å². The van der Waals surface area contributed by atoms with Gasteiger partial charge in [-0.15, -0.1) is 11.3 Å². The van der Waals surface area contributed by atoms with E-state index in [4.69, 9.17) is 0 Å². The van der Waals surface area contributed by atoms with Gasteiger partial charge in [0.15, 0.2) is 0 Å². The summed E-state index contributed by atoms with van der Waals surface area (Å²) in [6, 6.07) is 17.7. The molecule has 9 heteroatoms. The number of rotatable bonds is 4. The fourth-order valence-corrected chi connectivity index (χ4v) is 5.98. The van der Waals surface area contributed by atoms with E-state index in [9.17, 15) is 22.9 Å². The van der Waals surface area contributed by atoms with Gasteiger partial charge >= 0.3 is 0 Å². The van der Waals surface area contributed by atoms with E-state index in [1.165, 1.54) is 39.9 Å². The van der Waals surface area contributed by atoms with Crippen LogP contribution in [0.25, 0.3) is 10.4 Å². The number of sulfonamides is 1. The molecule has 4 rings (SSSR count). The SMILES string of the molecule is N#Cc1ccccc1S(=O)(=O)N1CCN(C(=O)c2ccc(-c3ccc(F)cc3)s2)CC1. The lowest BCUT2D eigenvalue weighted by Gasteiger charge is -2.33. The van der Waals surface area contributed by atoms with Crippen LogP contribution in [0.15, 0.2) is 65.6 Å². The second kappa shape index (κ2) is 8.59. The normalized spacial score (nSPS) is 14.9. The molecule has 0 spiro atoms. The Morgan fingerprint density at radius 2 is 1.65 bits per heavy atom. The molecule has 6 nitrogen and oxygen atoms in total. The molecule has 0 unspecified atom stereocenters. The Hall–Kier alpha value is -3.06. The van der Waals surface area contributed by atoms with E-state index in [2.05, 4.69) is 0 Å². The van der Waals surface area contributed by atoms with Gasteiger partial charge in [0.05, 0.1) is 15.3 Å². The second-order valence-electron chi connectivity index (χ2n) is 6.98. The number of thiophene rings is 1. The molecule has 0 aliphatic carbocycles. The van der Waals surface area contributed by atoms with Crippen molar-refractivity contribution in [3.63, 3.8) is 0 Å². The summed E-state index contributed by atoms with van der Waals surface area (Å²) in [5, 5.41) is 9.22. The first-order chi connectivity index (χ1) is 14.9. The Morgan fingerprint density at radius 1 is 0.968 bits per heavy atom. The zero-order valence-corrected chi connectivity index (χ0v) is 18.0. The number of halogens is 1. The maximum absolute atomic E-state index is 13.1. The molecular formula is C22H18FN3O3S2. The van der Waals surface area contributed by atoms with E-state index in [0.29, 0.717) is 4.88 Å². The number of carbonyl (C=O) groups excluding carboxylic acids is 1. The van der Waals surface area contributed by atoms with Crippen LogP contribution in [-0.4, -0.2) is 49.7 Å².